The Balaban J connectivity index is 2.37. The van der Waals surface area contributed by atoms with Crippen molar-refractivity contribution in [3.05, 3.63) is 21.3 Å². The third-order valence-electron chi connectivity index (χ3n) is 3.03. The second-order valence-electron chi connectivity index (χ2n) is 4.48. The zero-order chi connectivity index (χ0) is 12.7. The molecule has 0 aliphatic carbocycles. The number of rotatable bonds is 8. The Labute approximate surface area is 113 Å². The molecule has 0 saturated carbocycles. The largest absolute Gasteiger partial charge is 0.396 e. The average molecular weight is 276 g/mol. The van der Waals surface area contributed by atoms with Crippen LogP contribution in [0.25, 0.3) is 0 Å². The molecule has 2 unspecified atom stereocenters. The molecular formula is C13H22ClNOS. The first-order valence-corrected chi connectivity index (χ1v) is 7.51. The minimum Gasteiger partial charge on any atom is -0.396 e. The Morgan fingerprint density at radius 1 is 1.47 bits per heavy atom. The van der Waals surface area contributed by atoms with Gasteiger partial charge in [-0.25, -0.2) is 0 Å². The molecule has 0 aliphatic heterocycles. The monoisotopic (exact) mass is 275 g/mol. The quantitative estimate of drug-likeness (QED) is 0.755. The van der Waals surface area contributed by atoms with Crippen molar-refractivity contribution in [3.63, 3.8) is 0 Å². The summed E-state index contributed by atoms with van der Waals surface area (Å²) in [5, 5.41) is 14.6. The molecular weight excluding hydrogens is 254 g/mol. The molecule has 1 aromatic rings. The Hall–Kier alpha value is -0.0900. The lowest BCUT2D eigenvalue weighted by Gasteiger charge is -2.19. The molecule has 17 heavy (non-hydrogen) atoms. The van der Waals surface area contributed by atoms with Crippen LogP contribution in [-0.4, -0.2) is 18.3 Å². The predicted molar refractivity (Wildman–Crippen MR) is 75.8 cm³/mol. The Morgan fingerprint density at radius 2 is 2.24 bits per heavy atom. The van der Waals surface area contributed by atoms with E-state index >= 15 is 0 Å². The van der Waals surface area contributed by atoms with E-state index in [1.165, 1.54) is 18.4 Å². The highest BCUT2D eigenvalue weighted by Gasteiger charge is 2.11. The summed E-state index contributed by atoms with van der Waals surface area (Å²) in [5.74, 6) is 0.571. The van der Waals surface area contributed by atoms with E-state index in [0.29, 0.717) is 12.0 Å². The molecule has 2 nitrogen and oxygen atoms in total. The van der Waals surface area contributed by atoms with Crippen molar-refractivity contribution in [2.75, 3.05) is 13.2 Å². The predicted octanol–water partition coefficient (Wildman–Crippen LogP) is 3.85. The van der Waals surface area contributed by atoms with Gasteiger partial charge in [0.25, 0.3) is 0 Å². The molecule has 0 radical (unpaired) electrons. The Morgan fingerprint density at radius 3 is 2.76 bits per heavy atom. The first-order valence-electron chi connectivity index (χ1n) is 6.25. The average Bonchev–Trinajstić information content (AvgIpc) is 2.73. The molecule has 0 amide bonds. The summed E-state index contributed by atoms with van der Waals surface area (Å²) in [6.45, 7) is 5.58. The molecule has 2 N–H and O–H groups in total. The van der Waals surface area contributed by atoms with Crippen LogP contribution in [0.3, 0.4) is 0 Å². The van der Waals surface area contributed by atoms with Crippen LogP contribution < -0.4 is 5.32 Å². The van der Waals surface area contributed by atoms with Gasteiger partial charge < -0.3 is 10.4 Å². The lowest BCUT2D eigenvalue weighted by atomic mass is 9.99. The van der Waals surface area contributed by atoms with Gasteiger partial charge in [-0.15, -0.1) is 11.3 Å². The van der Waals surface area contributed by atoms with Gasteiger partial charge in [-0.2, -0.15) is 0 Å². The van der Waals surface area contributed by atoms with E-state index in [0.717, 1.165) is 17.3 Å². The van der Waals surface area contributed by atoms with E-state index in [2.05, 4.69) is 24.5 Å². The summed E-state index contributed by atoms with van der Waals surface area (Å²) in [5.41, 5.74) is 1.25. The molecule has 1 rings (SSSR count). The number of hydrogen-bond donors (Lipinski definition) is 2. The van der Waals surface area contributed by atoms with E-state index in [1.807, 2.05) is 6.07 Å². The number of hydrogen-bond acceptors (Lipinski definition) is 3. The summed E-state index contributed by atoms with van der Waals surface area (Å²) in [7, 11) is 0. The molecule has 4 heteroatoms. The summed E-state index contributed by atoms with van der Waals surface area (Å²) in [6, 6.07) is 2.35. The van der Waals surface area contributed by atoms with Gasteiger partial charge in [0.05, 0.1) is 4.34 Å². The minimum atomic E-state index is 0.283. The van der Waals surface area contributed by atoms with Crippen LogP contribution in [0.5, 0.6) is 0 Å². The van der Waals surface area contributed by atoms with Crippen LogP contribution in [0.15, 0.2) is 11.4 Å². The van der Waals surface area contributed by atoms with Gasteiger partial charge in [-0.3, -0.25) is 0 Å². The van der Waals surface area contributed by atoms with Crippen molar-refractivity contribution < 1.29 is 5.11 Å². The fraction of sp³-hybridized carbons (Fsp3) is 0.692. The van der Waals surface area contributed by atoms with Gasteiger partial charge in [0.1, 0.15) is 0 Å². The maximum absolute atomic E-state index is 9.01. The minimum absolute atomic E-state index is 0.283. The molecule has 0 aliphatic rings. The highest BCUT2D eigenvalue weighted by atomic mass is 35.5. The van der Waals surface area contributed by atoms with Crippen molar-refractivity contribution in [1.29, 1.82) is 0 Å². The fourth-order valence-corrected chi connectivity index (χ4v) is 2.94. The van der Waals surface area contributed by atoms with Crippen LogP contribution >= 0.6 is 22.9 Å². The van der Waals surface area contributed by atoms with Gasteiger partial charge in [0, 0.05) is 12.6 Å². The first-order chi connectivity index (χ1) is 8.17. The van der Waals surface area contributed by atoms with Crippen LogP contribution in [0.2, 0.25) is 4.34 Å². The second kappa shape index (κ2) is 8.09. The van der Waals surface area contributed by atoms with Gasteiger partial charge in [0.2, 0.25) is 0 Å². The summed E-state index contributed by atoms with van der Waals surface area (Å²) >= 11 is 7.50. The van der Waals surface area contributed by atoms with E-state index < -0.39 is 0 Å². The first kappa shape index (κ1) is 15.0. The normalized spacial score (nSPS) is 14.8. The molecule has 0 bridgehead atoms. The third-order valence-corrected chi connectivity index (χ3v) is 4.14. The third kappa shape index (κ3) is 5.38. The SMILES string of the molecule is CCCC(CCO)CNC(C)c1csc(Cl)c1. The lowest BCUT2D eigenvalue weighted by molar-refractivity contribution is 0.246. The van der Waals surface area contributed by atoms with Crippen molar-refractivity contribution in [2.24, 2.45) is 5.92 Å². The number of aliphatic hydroxyl groups is 1. The highest BCUT2D eigenvalue weighted by Crippen LogP contribution is 2.24. The molecule has 2 atom stereocenters. The van der Waals surface area contributed by atoms with Crippen molar-refractivity contribution in [3.8, 4) is 0 Å². The second-order valence-corrected chi connectivity index (χ2v) is 6.02. The molecule has 0 saturated heterocycles. The Kier molecular flexibility index (Phi) is 7.12. The van der Waals surface area contributed by atoms with E-state index in [4.69, 9.17) is 16.7 Å². The van der Waals surface area contributed by atoms with E-state index in [1.54, 1.807) is 11.3 Å². The summed E-state index contributed by atoms with van der Waals surface area (Å²) in [4.78, 5) is 0. The standard InChI is InChI=1S/C13H22ClNOS/c1-3-4-11(5-6-16)8-15-10(2)12-7-13(14)17-9-12/h7,9-11,15-16H,3-6,8H2,1-2H3. The summed E-state index contributed by atoms with van der Waals surface area (Å²) in [6.07, 6.45) is 3.23. The zero-order valence-corrected chi connectivity index (χ0v) is 12.2. The van der Waals surface area contributed by atoms with E-state index in [-0.39, 0.29) is 6.61 Å². The molecule has 98 valence electrons. The Bertz CT molecular complexity index is 310. The van der Waals surface area contributed by atoms with Crippen LogP contribution in [0.1, 0.15) is 44.7 Å². The van der Waals surface area contributed by atoms with Crippen LogP contribution in [-0.2, 0) is 0 Å². The smallest absolute Gasteiger partial charge is 0.0931 e. The molecule has 0 spiro atoms. The maximum atomic E-state index is 9.01. The summed E-state index contributed by atoms with van der Waals surface area (Å²) < 4.78 is 0.842. The van der Waals surface area contributed by atoms with Gasteiger partial charge in [0.15, 0.2) is 0 Å². The van der Waals surface area contributed by atoms with Crippen LogP contribution in [0.4, 0.5) is 0 Å². The highest BCUT2D eigenvalue weighted by molar-refractivity contribution is 7.14. The molecule has 0 aromatic carbocycles. The fourth-order valence-electron chi connectivity index (χ4n) is 1.95. The maximum Gasteiger partial charge on any atom is 0.0931 e. The molecule has 0 fully saturated rings. The van der Waals surface area contributed by atoms with Crippen LogP contribution in [0, 0.1) is 5.92 Å². The van der Waals surface area contributed by atoms with E-state index in [9.17, 15) is 0 Å². The topological polar surface area (TPSA) is 32.3 Å². The van der Waals surface area contributed by atoms with Crippen molar-refractivity contribution >= 4 is 22.9 Å². The van der Waals surface area contributed by atoms with Crippen molar-refractivity contribution in [1.82, 2.24) is 5.32 Å². The molecule has 1 heterocycles. The van der Waals surface area contributed by atoms with Gasteiger partial charge >= 0.3 is 0 Å². The number of aliphatic hydroxyl groups excluding tert-OH is 1. The number of halogens is 1. The number of thiophene rings is 1. The van der Waals surface area contributed by atoms with Crippen molar-refractivity contribution in [2.45, 2.75) is 39.2 Å². The van der Waals surface area contributed by atoms with Gasteiger partial charge in [-0.1, -0.05) is 24.9 Å². The zero-order valence-electron chi connectivity index (χ0n) is 10.6. The van der Waals surface area contributed by atoms with Gasteiger partial charge in [-0.05, 0) is 49.2 Å². The number of nitrogens with one attached hydrogen (secondary N) is 1. The lowest BCUT2D eigenvalue weighted by Crippen LogP contribution is -2.26. The molecule has 1 aromatic heterocycles.